The fourth-order valence-corrected chi connectivity index (χ4v) is 3.35. The van der Waals surface area contributed by atoms with Crippen molar-refractivity contribution < 1.29 is 9.90 Å². The van der Waals surface area contributed by atoms with E-state index in [1.165, 1.54) is 6.07 Å². The van der Waals surface area contributed by atoms with Crippen molar-refractivity contribution in [1.82, 2.24) is 19.5 Å². The number of anilines is 1. The summed E-state index contributed by atoms with van der Waals surface area (Å²) >= 11 is 0. The standard InChI is InChI=1S/C21H19N5O4/c1-11-8-15-16(9-12(11)2)26(18-17(23-15)19(27)25-21(30)24-18)7-6-22-14-5-3-4-13(10-14)20(28)29/h3-5,8-10,22H,6-7H2,1-2H3,(H,28,29)(H,25,27,30). The van der Waals surface area contributed by atoms with Crippen LogP contribution < -0.4 is 16.6 Å². The Balaban J connectivity index is 1.77. The number of hydrogen-bond donors (Lipinski definition) is 3. The van der Waals surface area contributed by atoms with Gasteiger partial charge in [0, 0.05) is 18.8 Å². The number of hydrogen-bond acceptors (Lipinski definition) is 6. The summed E-state index contributed by atoms with van der Waals surface area (Å²) in [6.45, 7) is 4.73. The Kier molecular flexibility index (Phi) is 4.78. The number of aromatic amines is 1. The lowest BCUT2D eigenvalue weighted by Gasteiger charge is -2.18. The van der Waals surface area contributed by atoms with Crippen LogP contribution in [0.5, 0.6) is 0 Å². The first-order valence-electron chi connectivity index (χ1n) is 9.32. The molecule has 2 heterocycles. The first-order chi connectivity index (χ1) is 14.3. The van der Waals surface area contributed by atoms with Gasteiger partial charge in [-0.3, -0.25) is 9.78 Å². The number of aromatic carboxylic acids is 1. The number of aryl methyl sites for hydroxylation is 2. The molecule has 0 aliphatic carbocycles. The Morgan fingerprint density at radius 3 is 2.67 bits per heavy atom. The predicted octanol–water partition coefficient (Wildman–Crippen LogP) is 2.01. The second-order valence-corrected chi connectivity index (χ2v) is 7.04. The SMILES string of the molecule is Cc1cc2nc3c(=O)[nH]c(=O)nc-3n(CCNc3cccc(C(=O)O)c3)c2cc1C. The lowest BCUT2D eigenvalue weighted by molar-refractivity contribution is 0.0697. The molecule has 0 fully saturated rings. The van der Waals surface area contributed by atoms with Crippen molar-refractivity contribution in [3.05, 3.63) is 73.9 Å². The van der Waals surface area contributed by atoms with Crippen LogP contribution >= 0.6 is 0 Å². The maximum Gasteiger partial charge on any atom is 0.349 e. The largest absolute Gasteiger partial charge is 0.478 e. The number of nitrogens with one attached hydrogen (secondary N) is 2. The molecule has 0 saturated carbocycles. The summed E-state index contributed by atoms with van der Waals surface area (Å²) in [5, 5.41) is 12.3. The number of nitrogens with zero attached hydrogens (tertiary/aromatic N) is 3. The highest BCUT2D eigenvalue weighted by Crippen LogP contribution is 2.23. The molecule has 0 radical (unpaired) electrons. The lowest BCUT2D eigenvalue weighted by Crippen LogP contribution is -2.29. The molecule has 2 aliphatic rings. The molecule has 0 spiro atoms. The molecule has 0 bridgehead atoms. The third-order valence-corrected chi connectivity index (χ3v) is 5.00. The minimum atomic E-state index is -1.00. The van der Waals surface area contributed by atoms with Gasteiger partial charge in [-0.15, -0.1) is 0 Å². The first-order valence-corrected chi connectivity index (χ1v) is 9.32. The number of carboxylic acids is 1. The van der Waals surface area contributed by atoms with Crippen LogP contribution in [0, 0.1) is 13.8 Å². The summed E-state index contributed by atoms with van der Waals surface area (Å²) in [5.74, 6) is -0.794. The maximum atomic E-state index is 12.3. The van der Waals surface area contributed by atoms with Crippen LogP contribution in [0.3, 0.4) is 0 Å². The van der Waals surface area contributed by atoms with Crippen molar-refractivity contribution in [2.75, 3.05) is 11.9 Å². The highest BCUT2D eigenvalue weighted by Gasteiger charge is 2.19. The van der Waals surface area contributed by atoms with Gasteiger partial charge in [-0.25, -0.2) is 14.6 Å². The van der Waals surface area contributed by atoms with Gasteiger partial charge in [0.2, 0.25) is 0 Å². The number of H-pyrrole nitrogens is 1. The molecule has 152 valence electrons. The average molecular weight is 405 g/mol. The van der Waals surface area contributed by atoms with Crippen LogP contribution in [0.1, 0.15) is 21.5 Å². The minimum Gasteiger partial charge on any atom is -0.478 e. The van der Waals surface area contributed by atoms with Gasteiger partial charge in [0.15, 0.2) is 11.5 Å². The third kappa shape index (κ3) is 3.52. The molecule has 3 N–H and O–H groups in total. The Morgan fingerprint density at radius 2 is 1.90 bits per heavy atom. The molecular weight excluding hydrogens is 386 g/mol. The summed E-state index contributed by atoms with van der Waals surface area (Å²) in [4.78, 5) is 45.9. The van der Waals surface area contributed by atoms with Crippen molar-refractivity contribution in [1.29, 1.82) is 0 Å². The van der Waals surface area contributed by atoms with Crippen LogP contribution in [0.4, 0.5) is 5.69 Å². The smallest absolute Gasteiger partial charge is 0.349 e. The highest BCUT2D eigenvalue weighted by atomic mass is 16.4. The molecule has 0 unspecified atom stereocenters. The van der Waals surface area contributed by atoms with E-state index in [9.17, 15) is 14.4 Å². The van der Waals surface area contributed by atoms with E-state index in [4.69, 9.17) is 5.11 Å². The first kappa shape index (κ1) is 19.3. The normalized spacial score (nSPS) is 11.1. The second kappa shape index (κ2) is 7.43. The van der Waals surface area contributed by atoms with Gasteiger partial charge < -0.3 is 15.0 Å². The van der Waals surface area contributed by atoms with Crippen molar-refractivity contribution in [3.8, 4) is 11.5 Å². The fourth-order valence-electron chi connectivity index (χ4n) is 3.35. The van der Waals surface area contributed by atoms with E-state index in [2.05, 4.69) is 20.3 Å². The molecule has 0 aromatic heterocycles. The van der Waals surface area contributed by atoms with Gasteiger partial charge in [-0.2, -0.15) is 4.98 Å². The quantitative estimate of drug-likeness (QED) is 0.433. The zero-order valence-electron chi connectivity index (χ0n) is 16.4. The summed E-state index contributed by atoms with van der Waals surface area (Å²) < 4.78 is 1.79. The van der Waals surface area contributed by atoms with E-state index >= 15 is 0 Å². The Labute approximate surface area is 170 Å². The molecule has 0 saturated heterocycles. The molecular formula is C21H19N5O4. The molecule has 2 aromatic rings. The van der Waals surface area contributed by atoms with Gasteiger partial charge in [-0.05, 0) is 55.3 Å². The monoisotopic (exact) mass is 405 g/mol. The van der Waals surface area contributed by atoms with Crippen molar-refractivity contribution >= 4 is 22.7 Å². The van der Waals surface area contributed by atoms with E-state index in [1.807, 2.05) is 26.0 Å². The van der Waals surface area contributed by atoms with Crippen LogP contribution in [0.25, 0.3) is 22.6 Å². The number of benzene rings is 2. The fraction of sp³-hybridized carbons (Fsp3) is 0.190. The summed E-state index contributed by atoms with van der Waals surface area (Å²) in [7, 11) is 0. The van der Waals surface area contributed by atoms with Gasteiger partial charge in [0.05, 0.1) is 16.6 Å². The number of carboxylic acid groups (broad SMARTS) is 1. The van der Waals surface area contributed by atoms with E-state index in [-0.39, 0.29) is 17.1 Å². The van der Waals surface area contributed by atoms with Gasteiger partial charge in [0.1, 0.15) is 0 Å². The molecule has 4 rings (SSSR count). The Morgan fingerprint density at radius 1 is 1.13 bits per heavy atom. The van der Waals surface area contributed by atoms with Gasteiger partial charge in [0.25, 0.3) is 5.56 Å². The highest BCUT2D eigenvalue weighted by molar-refractivity contribution is 5.88. The van der Waals surface area contributed by atoms with E-state index in [0.29, 0.717) is 24.3 Å². The van der Waals surface area contributed by atoms with E-state index in [0.717, 1.165) is 16.6 Å². The van der Waals surface area contributed by atoms with E-state index < -0.39 is 17.2 Å². The van der Waals surface area contributed by atoms with Crippen LogP contribution in [-0.2, 0) is 6.54 Å². The summed E-state index contributed by atoms with van der Waals surface area (Å²) in [6, 6.07) is 10.3. The lowest BCUT2D eigenvalue weighted by atomic mass is 10.1. The average Bonchev–Trinajstić information content (AvgIpc) is 2.70. The predicted molar refractivity (Wildman–Crippen MR) is 112 cm³/mol. The van der Waals surface area contributed by atoms with Gasteiger partial charge >= 0.3 is 11.7 Å². The maximum absolute atomic E-state index is 12.3. The van der Waals surface area contributed by atoms with Crippen molar-refractivity contribution in [3.63, 3.8) is 0 Å². The Bertz CT molecular complexity index is 1370. The zero-order chi connectivity index (χ0) is 21.4. The third-order valence-electron chi connectivity index (χ3n) is 5.00. The van der Waals surface area contributed by atoms with E-state index in [1.54, 1.807) is 22.8 Å². The molecule has 2 aliphatic heterocycles. The summed E-state index contributed by atoms with van der Waals surface area (Å²) in [6.07, 6.45) is 0. The zero-order valence-corrected chi connectivity index (χ0v) is 16.4. The Hall–Kier alpha value is -4.01. The van der Waals surface area contributed by atoms with Crippen LogP contribution in [0.2, 0.25) is 0 Å². The van der Waals surface area contributed by atoms with Crippen molar-refractivity contribution in [2.24, 2.45) is 0 Å². The molecule has 2 aromatic carbocycles. The van der Waals surface area contributed by atoms with Gasteiger partial charge in [-0.1, -0.05) is 6.07 Å². The van der Waals surface area contributed by atoms with Crippen molar-refractivity contribution in [2.45, 2.75) is 20.4 Å². The second-order valence-electron chi connectivity index (χ2n) is 7.04. The van der Waals surface area contributed by atoms with Crippen LogP contribution in [-0.4, -0.2) is 37.1 Å². The molecule has 0 amide bonds. The topological polar surface area (TPSA) is 130 Å². The molecule has 30 heavy (non-hydrogen) atoms. The summed E-state index contributed by atoms with van der Waals surface area (Å²) in [5.41, 5.74) is 3.09. The number of rotatable bonds is 5. The molecule has 9 heteroatoms. The number of fused-ring (bicyclic) bond motifs is 2. The number of carbonyl (C=O) groups is 1. The molecule has 9 nitrogen and oxygen atoms in total. The number of aromatic nitrogens is 4. The molecule has 0 atom stereocenters. The van der Waals surface area contributed by atoms with Crippen LogP contribution in [0.15, 0.2) is 46.0 Å². The minimum absolute atomic E-state index is 0.0956.